The Morgan fingerprint density at radius 3 is 2.91 bits per heavy atom. The Bertz CT molecular complexity index is 1230. The van der Waals surface area contributed by atoms with Gasteiger partial charge in [-0.25, -0.2) is 4.98 Å². The van der Waals surface area contributed by atoms with Crippen molar-refractivity contribution in [3.8, 4) is 11.6 Å². The number of nitrogens with one attached hydrogen (secondary N) is 3. The molecule has 0 radical (unpaired) electrons. The van der Waals surface area contributed by atoms with Crippen LogP contribution < -0.4 is 25.4 Å². The first-order valence-electron chi connectivity index (χ1n) is 11.6. The number of hydrogen-bond acceptors (Lipinski definition) is 10. The predicted octanol–water partition coefficient (Wildman–Crippen LogP) is 1.56. The molecule has 184 valence electrons. The summed E-state index contributed by atoms with van der Waals surface area (Å²) < 4.78 is 10.6. The van der Waals surface area contributed by atoms with Gasteiger partial charge in [-0.05, 0) is 43.9 Å². The summed E-state index contributed by atoms with van der Waals surface area (Å²) in [5.41, 5.74) is 1.66. The van der Waals surface area contributed by atoms with E-state index in [2.05, 4.69) is 30.9 Å². The van der Waals surface area contributed by atoms with Crippen molar-refractivity contribution >= 4 is 28.3 Å². The zero-order valence-electron chi connectivity index (χ0n) is 19.3. The van der Waals surface area contributed by atoms with Gasteiger partial charge in [0.15, 0.2) is 12.0 Å². The number of pyridine rings is 3. The van der Waals surface area contributed by atoms with Gasteiger partial charge >= 0.3 is 0 Å². The van der Waals surface area contributed by atoms with Crippen LogP contribution in [0.25, 0.3) is 11.0 Å². The standard InChI is InChI=1S/C24H28N6O5/c1-34-21-3-2-16-22(30-21)17(6-9-25-16)29-23(32)24(33)7-4-14(5-8-24)26-11-15-10-18-19(12-27-15)35-13-20(31)28-18/h2-3,6,9-10,12,14,20,26,28,31,33H,4-5,7-8,11,13H2,1H3,(H,25,29,32). The van der Waals surface area contributed by atoms with E-state index in [1.807, 2.05) is 6.07 Å². The molecule has 0 spiro atoms. The van der Waals surface area contributed by atoms with E-state index in [-0.39, 0.29) is 12.6 Å². The van der Waals surface area contributed by atoms with Gasteiger partial charge in [-0.3, -0.25) is 14.8 Å². The van der Waals surface area contributed by atoms with Crippen molar-refractivity contribution in [3.05, 3.63) is 42.4 Å². The molecule has 1 atom stereocenters. The van der Waals surface area contributed by atoms with Gasteiger partial charge in [-0.2, -0.15) is 0 Å². The third kappa shape index (κ3) is 4.97. The normalized spacial score (nSPS) is 23.6. The smallest absolute Gasteiger partial charge is 0.256 e. The molecule has 0 aromatic carbocycles. The summed E-state index contributed by atoms with van der Waals surface area (Å²) in [5, 5.41) is 30.0. The molecule has 1 unspecified atom stereocenters. The summed E-state index contributed by atoms with van der Waals surface area (Å²) in [6, 6.07) is 7.12. The van der Waals surface area contributed by atoms with Gasteiger partial charge in [0.2, 0.25) is 5.88 Å². The van der Waals surface area contributed by atoms with E-state index in [9.17, 15) is 15.0 Å². The lowest BCUT2D eigenvalue weighted by molar-refractivity contribution is -0.137. The van der Waals surface area contributed by atoms with E-state index < -0.39 is 17.7 Å². The Hall–Kier alpha value is -3.54. The van der Waals surface area contributed by atoms with E-state index in [1.54, 1.807) is 30.6 Å². The van der Waals surface area contributed by atoms with Crippen LogP contribution in [-0.4, -0.2) is 62.7 Å². The second-order valence-electron chi connectivity index (χ2n) is 8.86. The number of anilines is 2. The minimum atomic E-state index is -1.46. The molecular formula is C24H28N6O5. The lowest BCUT2D eigenvalue weighted by Gasteiger charge is -2.35. The molecule has 4 heterocycles. The SMILES string of the molecule is COc1ccc2nccc(NC(=O)C3(O)CCC(NCc4cc5c(cn4)OCC(O)N5)CC3)c2n1. The first kappa shape index (κ1) is 23.2. The van der Waals surface area contributed by atoms with Gasteiger partial charge in [0, 0.05) is 24.8 Å². The zero-order valence-corrected chi connectivity index (χ0v) is 19.3. The molecule has 1 aliphatic carbocycles. The van der Waals surface area contributed by atoms with Crippen LogP contribution in [-0.2, 0) is 11.3 Å². The fraction of sp³-hybridized carbons (Fsp3) is 0.417. The first-order chi connectivity index (χ1) is 16.9. The largest absolute Gasteiger partial charge is 0.485 e. The highest BCUT2D eigenvalue weighted by molar-refractivity contribution is 6.02. The highest BCUT2D eigenvalue weighted by Crippen LogP contribution is 2.32. The Morgan fingerprint density at radius 2 is 2.11 bits per heavy atom. The average molecular weight is 481 g/mol. The monoisotopic (exact) mass is 480 g/mol. The van der Waals surface area contributed by atoms with E-state index in [0.29, 0.717) is 66.3 Å². The van der Waals surface area contributed by atoms with Gasteiger partial charge in [-0.1, -0.05) is 0 Å². The number of carbonyl (C=O) groups is 1. The van der Waals surface area contributed by atoms with Crippen LogP contribution in [0.2, 0.25) is 0 Å². The Balaban J connectivity index is 1.18. The maximum absolute atomic E-state index is 13.0. The minimum absolute atomic E-state index is 0.142. The number of rotatable bonds is 6. The van der Waals surface area contributed by atoms with Gasteiger partial charge in [-0.15, -0.1) is 0 Å². The molecule has 11 nitrogen and oxygen atoms in total. The number of amides is 1. The molecule has 5 N–H and O–H groups in total. The summed E-state index contributed by atoms with van der Waals surface area (Å²) in [6.07, 6.45) is 4.42. The molecular weight excluding hydrogens is 452 g/mol. The van der Waals surface area contributed by atoms with Gasteiger partial charge < -0.3 is 35.6 Å². The number of methoxy groups -OCH3 is 1. The van der Waals surface area contributed by atoms with Crippen LogP contribution >= 0.6 is 0 Å². The van der Waals surface area contributed by atoms with E-state index >= 15 is 0 Å². The van der Waals surface area contributed by atoms with Gasteiger partial charge in [0.1, 0.15) is 17.7 Å². The van der Waals surface area contributed by atoms with Crippen LogP contribution in [0.1, 0.15) is 31.4 Å². The molecule has 1 fully saturated rings. The van der Waals surface area contributed by atoms with Crippen molar-refractivity contribution in [1.29, 1.82) is 0 Å². The summed E-state index contributed by atoms with van der Waals surface area (Å²) in [7, 11) is 1.52. The number of aromatic nitrogens is 3. The van der Waals surface area contributed by atoms with Crippen molar-refractivity contribution < 1.29 is 24.5 Å². The molecule has 1 aliphatic heterocycles. The second-order valence-corrected chi connectivity index (χ2v) is 8.86. The minimum Gasteiger partial charge on any atom is -0.485 e. The van der Waals surface area contributed by atoms with Crippen LogP contribution in [0.4, 0.5) is 11.4 Å². The topological polar surface area (TPSA) is 151 Å². The third-order valence-corrected chi connectivity index (χ3v) is 6.47. The molecule has 3 aromatic heterocycles. The zero-order chi connectivity index (χ0) is 24.4. The number of hydrogen-bond donors (Lipinski definition) is 5. The summed E-state index contributed by atoms with van der Waals surface area (Å²) in [5.74, 6) is 0.580. The molecule has 35 heavy (non-hydrogen) atoms. The third-order valence-electron chi connectivity index (χ3n) is 6.47. The van der Waals surface area contributed by atoms with Crippen molar-refractivity contribution in [2.45, 2.75) is 50.1 Å². The highest BCUT2D eigenvalue weighted by atomic mass is 16.5. The lowest BCUT2D eigenvalue weighted by atomic mass is 9.81. The maximum Gasteiger partial charge on any atom is 0.256 e. The highest BCUT2D eigenvalue weighted by Gasteiger charge is 2.40. The lowest BCUT2D eigenvalue weighted by Crippen LogP contribution is -2.48. The molecule has 1 saturated carbocycles. The fourth-order valence-electron chi connectivity index (χ4n) is 4.44. The number of ether oxygens (including phenoxy) is 2. The van der Waals surface area contributed by atoms with Crippen LogP contribution in [0.5, 0.6) is 11.6 Å². The summed E-state index contributed by atoms with van der Waals surface area (Å²) in [4.78, 5) is 26.1. The molecule has 5 rings (SSSR count). The molecule has 1 amide bonds. The second kappa shape index (κ2) is 9.61. The summed E-state index contributed by atoms with van der Waals surface area (Å²) in [6.45, 7) is 0.712. The molecule has 3 aromatic rings. The maximum atomic E-state index is 13.0. The van der Waals surface area contributed by atoms with Crippen molar-refractivity contribution in [2.24, 2.45) is 0 Å². The number of aliphatic hydroxyl groups is 2. The van der Waals surface area contributed by atoms with Crippen molar-refractivity contribution in [1.82, 2.24) is 20.3 Å². The Morgan fingerprint density at radius 1 is 1.29 bits per heavy atom. The summed E-state index contributed by atoms with van der Waals surface area (Å²) >= 11 is 0. The first-order valence-corrected chi connectivity index (χ1v) is 11.6. The van der Waals surface area contributed by atoms with Gasteiger partial charge in [0.25, 0.3) is 5.91 Å². The fourth-order valence-corrected chi connectivity index (χ4v) is 4.44. The number of fused-ring (bicyclic) bond motifs is 2. The number of nitrogens with zero attached hydrogens (tertiary/aromatic N) is 3. The number of aliphatic hydroxyl groups excluding tert-OH is 1. The van der Waals surface area contributed by atoms with E-state index in [0.717, 1.165) is 5.69 Å². The molecule has 0 saturated heterocycles. The average Bonchev–Trinajstić information content (AvgIpc) is 2.88. The Kier molecular flexibility index (Phi) is 6.37. The predicted molar refractivity (Wildman–Crippen MR) is 128 cm³/mol. The van der Waals surface area contributed by atoms with E-state index in [1.165, 1.54) is 7.11 Å². The van der Waals surface area contributed by atoms with Crippen LogP contribution in [0.15, 0.2) is 36.7 Å². The van der Waals surface area contributed by atoms with Crippen molar-refractivity contribution in [3.63, 3.8) is 0 Å². The molecule has 11 heteroatoms. The number of carbonyl (C=O) groups excluding carboxylic acids is 1. The quantitative estimate of drug-likeness (QED) is 0.352. The van der Waals surface area contributed by atoms with E-state index in [4.69, 9.17) is 9.47 Å². The van der Waals surface area contributed by atoms with Crippen LogP contribution in [0.3, 0.4) is 0 Å². The Labute approximate surface area is 201 Å². The van der Waals surface area contributed by atoms with Gasteiger partial charge in [0.05, 0.1) is 35.9 Å². The molecule has 0 bridgehead atoms. The molecule has 2 aliphatic rings. The van der Waals surface area contributed by atoms with Crippen LogP contribution in [0, 0.1) is 0 Å². The van der Waals surface area contributed by atoms with Crippen molar-refractivity contribution in [2.75, 3.05) is 24.4 Å².